The van der Waals surface area contributed by atoms with Gasteiger partial charge < -0.3 is 9.64 Å². The van der Waals surface area contributed by atoms with Gasteiger partial charge in [0.1, 0.15) is 11.9 Å². The molecule has 38 heavy (non-hydrogen) atoms. The molecule has 196 valence electrons. The quantitative estimate of drug-likeness (QED) is 0.233. The molecule has 3 heterocycles. The van der Waals surface area contributed by atoms with E-state index in [9.17, 15) is 14.4 Å². The summed E-state index contributed by atoms with van der Waals surface area (Å²) in [6.45, 7) is 3.68. The first-order chi connectivity index (χ1) is 18.6. The third-order valence-electron chi connectivity index (χ3n) is 8.25. The van der Waals surface area contributed by atoms with Gasteiger partial charge in [-0.2, -0.15) is 0 Å². The molecule has 2 bridgehead atoms. The zero-order valence-electron chi connectivity index (χ0n) is 21.3. The molecule has 0 radical (unpaired) electrons. The molecule has 8 heteroatoms. The first-order valence-corrected chi connectivity index (χ1v) is 13.4. The van der Waals surface area contributed by atoms with Crippen LogP contribution in [0.25, 0.3) is 6.08 Å². The number of hydrogen-bond acceptors (Lipinski definition) is 7. The number of imide groups is 1. The van der Waals surface area contributed by atoms with Crippen molar-refractivity contribution in [1.29, 1.82) is 0 Å². The molecule has 6 rings (SSSR count). The number of carbonyl (C=O) groups is 3. The minimum absolute atomic E-state index is 0.0927. The molecule has 8 nitrogen and oxygen atoms in total. The summed E-state index contributed by atoms with van der Waals surface area (Å²) in [5, 5.41) is 0. The summed E-state index contributed by atoms with van der Waals surface area (Å²) < 4.78 is 5.88. The third kappa shape index (κ3) is 4.88. The molecular weight excluding hydrogens is 480 g/mol. The van der Waals surface area contributed by atoms with E-state index >= 15 is 0 Å². The van der Waals surface area contributed by atoms with Crippen molar-refractivity contribution in [2.24, 2.45) is 23.7 Å². The Morgan fingerprint density at radius 1 is 0.921 bits per heavy atom. The summed E-state index contributed by atoms with van der Waals surface area (Å²) in [5.74, 6) is 0.0379. The molecule has 2 aromatic rings. The monoisotopic (exact) mass is 512 g/mol. The number of rotatable bonds is 8. The predicted octanol–water partition coefficient (Wildman–Crippen LogP) is 2.64. The van der Waals surface area contributed by atoms with Crippen LogP contribution in [0.5, 0.6) is 0 Å². The van der Waals surface area contributed by atoms with Crippen LogP contribution in [0.2, 0.25) is 0 Å². The van der Waals surface area contributed by atoms with E-state index in [1.165, 1.54) is 11.0 Å². The van der Waals surface area contributed by atoms with Crippen molar-refractivity contribution in [3.05, 3.63) is 78.5 Å². The van der Waals surface area contributed by atoms with Gasteiger partial charge >= 0.3 is 5.97 Å². The number of amides is 2. The van der Waals surface area contributed by atoms with E-state index in [-0.39, 0.29) is 42.0 Å². The standard InChI is InChI=1S/C30H32N4O4/c35-26(12-9-21-6-2-1-3-7-21)38-24(19-32-14-16-33(17-15-32)25-8-4-5-13-31-25)20-34-29(36)27-22-10-11-23(18-22)28(27)30(34)37/h1-13,22-24,27-28H,14-20H2. The summed E-state index contributed by atoms with van der Waals surface area (Å²) in [6.07, 6.45) is 9.38. The molecule has 5 atom stereocenters. The van der Waals surface area contributed by atoms with E-state index in [0.717, 1.165) is 44.0 Å². The Balaban J connectivity index is 1.13. The highest BCUT2D eigenvalue weighted by Crippen LogP contribution is 2.52. The fourth-order valence-electron chi connectivity index (χ4n) is 6.40. The van der Waals surface area contributed by atoms with Gasteiger partial charge in [0.15, 0.2) is 0 Å². The predicted molar refractivity (Wildman–Crippen MR) is 143 cm³/mol. The number of benzene rings is 1. The van der Waals surface area contributed by atoms with E-state index in [4.69, 9.17) is 4.74 Å². The van der Waals surface area contributed by atoms with Gasteiger partial charge in [-0.1, -0.05) is 48.6 Å². The SMILES string of the molecule is O=C(C=Cc1ccccc1)OC(CN1CCN(c2ccccn2)CC1)CN1C(=O)C2C3C=CC(C3)C2C1=O. The Morgan fingerprint density at radius 2 is 1.61 bits per heavy atom. The fraction of sp³-hybridized carbons (Fsp3) is 0.400. The number of aromatic nitrogens is 1. The molecule has 5 unspecified atom stereocenters. The molecule has 0 spiro atoms. The van der Waals surface area contributed by atoms with Crippen molar-refractivity contribution in [3.8, 4) is 0 Å². The Hall–Kier alpha value is -3.78. The van der Waals surface area contributed by atoms with E-state index < -0.39 is 12.1 Å². The van der Waals surface area contributed by atoms with E-state index in [2.05, 4.69) is 26.9 Å². The van der Waals surface area contributed by atoms with Gasteiger partial charge in [-0.25, -0.2) is 9.78 Å². The van der Waals surface area contributed by atoms with Gasteiger partial charge in [0.2, 0.25) is 11.8 Å². The van der Waals surface area contributed by atoms with Gasteiger partial charge in [0.25, 0.3) is 0 Å². The van der Waals surface area contributed by atoms with E-state index in [1.807, 2.05) is 48.5 Å². The zero-order chi connectivity index (χ0) is 26.1. The second-order valence-corrected chi connectivity index (χ2v) is 10.6. The van der Waals surface area contributed by atoms with Crippen molar-refractivity contribution in [2.45, 2.75) is 12.5 Å². The summed E-state index contributed by atoms with van der Waals surface area (Å²) in [5.41, 5.74) is 0.896. The lowest BCUT2D eigenvalue weighted by atomic mass is 9.85. The molecule has 2 saturated heterocycles. The van der Waals surface area contributed by atoms with Crippen LogP contribution in [0.1, 0.15) is 12.0 Å². The van der Waals surface area contributed by atoms with Crippen LogP contribution in [0.3, 0.4) is 0 Å². The average molecular weight is 513 g/mol. The van der Waals surface area contributed by atoms with Crippen LogP contribution in [0.4, 0.5) is 5.82 Å². The molecule has 2 aliphatic carbocycles. The maximum absolute atomic E-state index is 13.3. The Kier molecular flexibility index (Phi) is 6.81. The fourth-order valence-corrected chi connectivity index (χ4v) is 6.40. The highest BCUT2D eigenvalue weighted by molar-refractivity contribution is 6.06. The van der Waals surface area contributed by atoms with E-state index in [1.54, 1.807) is 12.3 Å². The minimum Gasteiger partial charge on any atom is -0.456 e. The molecule has 1 saturated carbocycles. The number of nitrogens with zero attached hydrogens (tertiary/aromatic N) is 4. The number of allylic oxidation sites excluding steroid dienone is 2. The molecule has 4 aliphatic rings. The van der Waals surface area contributed by atoms with Crippen molar-refractivity contribution < 1.29 is 19.1 Å². The minimum atomic E-state index is -0.610. The highest BCUT2D eigenvalue weighted by atomic mass is 16.5. The van der Waals surface area contributed by atoms with Crippen LogP contribution >= 0.6 is 0 Å². The number of anilines is 1. The number of carbonyl (C=O) groups excluding carboxylic acids is 3. The molecule has 3 fully saturated rings. The topological polar surface area (TPSA) is 83.1 Å². The van der Waals surface area contributed by atoms with Gasteiger partial charge in [-0.3, -0.25) is 19.4 Å². The van der Waals surface area contributed by atoms with Crippen LogP contribution < -0.4 is 4.90 Å². The van der Waals surface area contributed by atoms with Crippen LogP contribution in [-0.4, -0.2) is 77.9 Å². The summed E-state index contributed by atoms with van der Waals surface area (Å²) in [7, 11) is 0. The summed E-state index contributed by atoms with van der Waals surface area (Å²) in [4.78, 5) is 49.7. The number of esters is 1. The Labute approximate surface area is 222 Å². The molecule has 1 aromatic carbocycles. The van der Waals surface area contributed by atoms with Gasteiger partial charge in [0.05, 0.1) is 18.4 Å². The Morgan fingerprint density at radius 3 is 2.26 bits per heavy atom. The molecule has 2 aliphatic heterocycles. The second kappa shape index (κ2) is 10.5. The van der Waals surface area contributed by atoms with Gasteiger partial charge in [-0.15, -0.1) is 0 Å². The van der Waals surface area contributed by atoms with Crippen LogP contribution in [-0.2, 0) is 19.1 Å². The van der Waals surface area contributed by atoms with Crippen molar-refractivity contribution >= 4 is 29.7 Å². The smallest absolute Gasteiger partial charge is 0.331 e. The second-order valence-electron chi connectivity index (χ2n) is 10.6. The number of fused-ring (bicyclic) bond motifs is 5. The van der Waals surface area contributed by atoms with Crippen LogP contribution in [0.15, 0.2) is 73.0 Å². The van der Waals surface area contributed by atoms with Crippen molar-refractivity contribution in [1.82, 2.24) is 14.8 Å². The zero-order valence-corrected chi connectivity index (χ0v) is 21.3. The van der Waals surface area contributed by atoms with E-state index in [0.29, 0.717) is 6.54 Å². The van der Waals surface area contributed by atoms with Crippen LogP contribution in [0, 0.1) is 23.7 Å². The first kappa shape index (κ1) is 24.6. The highest BCUT2D eigenvalue weighted by Gasteiger charge is 2.59. The number of pyridine rings is 1. The maximum atomic E-state index is 13.3. The molecule has 1 aromatic heterocycles. The average Bonchev–Trinajstić information content (AvgIpc) is 3.64. The largest absolute Gasteiger partial charge is 0.456 e. The number of likely N-dealkylation sites (tertiary alicyclic amines) is 1. The number of piperazine rings is 1. The third-order valence-corrected chi connectivity index (χ3v) is 8.25. The molecule has 2 amide bonds. The lowest BCUT2D eigenvalue weighted by Gasteiger charge is -2.37. The lowest BCUT2D eigenvalue weighted by molar-refractivity contribution is -0.151. The van der Waals surface area contributed by atoms with Gasteiger partial charge in [0, 0.05) is 45.0 Å². The summed E-state index contributed by atoms with van der Waals surface area (Å²) in [6, 6.07) is 15.4. The first-order valence-electron chi connectivity index (χ1n) is 13.4. The summed E-state index contributed by atoms with van der Waals surface area (Å²) >= 11 is 0. The Bertz CT molecular complexity index is 1210. The number of hydrogen-bond donors (Lipinski definition) is 0. The van der Waals surface area contributed by atoms with Gasteiger partial charge in [-0.05, 0) is 42.0 Å². The normalized spacial score (nSPS) is 27.4. The van der Waals surface area contributed by atoms with Crippen molar-refractivity contribution in [2.75, 3.05) is 44.2 Å². The van der Waals surface area contributed by atoms with Crippen molar-refractivity contribution in [3.63, 3.8) is 0 Å². The number of ether oxygens (including phenoxy) is 1. The molecule has 0 N–H and O–H groups in total. The molecular formula is C30H32N4O4. The lowest BCUT2D eigenvalue weighted by Crippen LogP contribution is -2.51. The maximum Gasteiger partial charge on any atom is 0.331 e.